The third kappa shape index (κ3) is 8.52. The topological polar surface area (TPSA) is 89.6 Å². The molecule has 1 amide bonds. The number of unbranched alkanes of at least 4 members (excludes halogenated alkanes) is 2. The van der Waals surface area contributed by atoms with Crippen molar-refractivity contribution in [2.24, 2.45) is 11.7 Å². The van der Waals surface area contributed by atoms with Gasteiger partial charge < -0.3 is 15.6 Å². The number of aliphatic carboxylic acids is 1. The molecule has 0 radical (unpaired) electrons. The number of benzene rings is 1. The average molecular weight is 353 g/mol. The van der Waals surface area contributed by atoms with E-state index in [1.54, 1.807) is 12.1 Å². The molecule has 0 fully saturated rings. The molecule has 0 aliphatic rings. The molecule has 0 spiro atoms. The normalized spacial score (nSPS) is 12.0. The van der Waals surface area contributed by atoms with Crippen molar-refractivity contribution < 1.29 is 23.8 Å². The van der Waals surface area contributed by atoms with Crippen LogP contribution in [0.1, 0.15) is 56.6 Å². The Kier molecular flexibility index (Phi) is 8.95. The van der Waals surface area contributed by atoms with Crippen molar-refractivity contribution in [3.8, 4) is 5.75 Å². The van der Waals surface area contributed by atoms with Gasteiger partial charge in [0.15, 0.2) is 11.6 Å². The Hall–Kier alpha value is -2.11. The first-order valence-electron chi connectivity index (χ1n) is 8.71. The zero-order chi connectivity index (χ0) is 18.8. The van der Waals surface area contributed by atoms with E-state index >= 15 is 0 Å². The van der Waals surface area contributed by atoms with Crippen molar-refractivity contribution in [1.82, 2.24) is 0 Å². The van der Waals surface area contributed by atoms with Crippen molar-refractivity contribution in [2.45, 2.75) is 58.8 Å². The molecule has 1 aromatic rings. The highest BCUT2D eigenvalue weighted by Gasteiger charge is 2.13. The van der Waals surface area contributed by atoms with E-state index in [0.29, 0.717) is 37.9 Å². The third-order valence-electron chi connectivity index (χ3n) is 4.00. The van der Waals surface area contributed by atoms with Gasteiger partial charge in [-0.15, -0.1) is 0 Å². The fraction of sp³-hybridized carbons (Fsp3) is 0.579. The fourth-order valence-corrected chi connectivity index (χ4v) is 2.57. The van der Waals surface area contributed by atoms with Crippen LogP contribution in [0, 0.1) is 18.7 Å². The Labute approximate surface area is 148 Å². The Bertz CT molecular complexity index is 589. The van der Waals surface area contributed by atoms with Gasteiger partial charge in [0.25, 0.3) is 0 Å². The predicted molar refractivity (Wildman–Crippen MR) is 94.0 cm³/mol. The van der Waals surface area contributed by atoms with Crippen molar-refractivity contribution in [3.63, 3.8) is 0 Å². The molecule has 25 heavy (non-hydrogen) atoms. The lowest BCUT2D eigenvalue weighted by Crippen LogP contribution is -2.15. The number of carbonyl (C=O) groups excluding carboxylic acids is 1. The Morgan fingerprint density at radius 3 is 2.60 bits per heavy atom. The minimum absolute atomic E-state index is 0.104. The van der Waals surface area contributed by atoms with Crippen LogP contribution in [0.4, 0.5) is 4.39 Å². The number of hydrogen-bond acceptors (Lipinski definition) is 3. The van der Waals surface area contributed by atoms with Crippen LogP contribution in [-0.4, -0.2) is 23.6 Å². The standard InChI is InChI=1S/C19H28FNO4/c1-13(8-9-17(21)22)12-25-16-11-14(2)10-15(19(16)20)6-4-3-5-7-18(23)24/h10-11,13H,3-9,12H2,1-2H3,(H2,21,22)(H,23,24)/t13-/m0/s1. The number of carboxylic acids is 1. The number of carboxylic acid groups (broad SMARTS) is 1. The second kappa shape index (κ2) is 10.7. The van der Waals surface area contributed by atoms with Crippen LogP contribution < -0.4 is 10.5 Å². The van der Waals surface area contributed by atoms with E-state index in [0.717, 1.165) is 18.4 Å². The molecule has 1 rings (SSSR count). The van der Waals surface area contributed by atoms with Crippen LogP contribution >= 0.6 is 0 Å². The highest BCUT2D eigenvalue weighted by molar-refractivity contribution is 5.73. The van der Waals surface area contributed by atoms with Gasteiger partial charge in [-0.05, 0) is 55.7 Å². The van der Waals surface area contributed by atoms with Crippen LogP contribution in [0.2, 0.25) is 0 Å². The molecule has 0 unspecified atom stereocenters. The number of aryl methyl sites for hydroxylation is 2. The van der Waals surface area contributed by atoms with Gasteiger partial charge in [0, 0.05) is 12.8 Å². The second-order valence-corrected chi connectivity index (χ2v) is 6.61. The summed E-state index contributed by atoms with van der Waals surface area (Å²) in [7, 11) is 0. The minimum atomic E-state index is -0.803. The van der Waals surface area contributed by atoms with E-state index in [1.165, 1.54) is 0 Å². The smallest absolute Gasteiger partial charge is 0.303 e. The summed E-state index contributed by atoms with van der Waals surface area (Å²) in [6.07, 6.45) is 3.70. The lowest BCUT2D eigenvalue weighted by molar-refractivity contribution is -0.137. The van der Waals surface area contributed by atoms with E-state index in [2.05, 4.69) is 0 Å². The molecule has 0 bridgehead atoms. The van der Waals surface area contributed by atoms with Gasteiger partial charge >= 0.3 is 5.97 Å². The van der Waals surface area contributed by atoms with E-state index in [1.807, 2.05) is 13.8 Å². The second-order valence-electron chi connectivity index (χ2n) is 6.61. The number of amides is 1. The average Bonchev–Trinajstić information content (AvgIpc) is 2.53. The van der Waals surface area contributed by atoms with Gasteiger partial charge in [-0.1, -0.05) is 19.4 Å². The van der Waals surface area contributed by atoms with Gasteiger partial charge in [0.05, 0.1) is 6.61 Å². The van der Waals surface area contributed by atoms with Crippen LogP contribution in [0.3, 0.4) is 0 Å². The molecule has 0 aliphatic carbocycles. The first-order valence-corrected chi connectivity index (χ1v) is 8.71. The number of ether oxygens (including phenoxy) is 1. The number of primary amides is 1. The molecular weight excluding hydrogens is 325 g/mol. The number of halogens is 1. The van der Waals surface area contributed by atoms with E-state index in [4.69, 9.17) is 15.6 Å². The van der Waals surface area contributed by atoms with Crippen molar-refractivity contribution >= 4 is 11.9 Å². The zero-order valence-electron chi connectivity index (χ0n) is 15.0. The summed E-state index contributed by atoms with van der Waals surface area (Å²) in [5.74, 6) is -1.18. The number of carbonyl (C=O) groups is 2. The largest absolute Gasteiger partial charge is 0.490 e. The summed E-state index contributed by atoms with van der Waals surface area (Å²) in [6, 6.07) is 3.47. The summed E-state index contributed by atoms with van der Waals surface area (Å²) >= 11 is 0. The molecular formula is C19H28FNO4. The van der Waals surface area contributed by atoms with Crippen LogP contribution in [0.5, 0.6) is 5.75 Å². The fourth-order valence-electron chi connectivity index (χ4n) is 2.57. The van der Waals surface area contributed by atoms with Gasteiger partial charge in [-0.25, -0.2) is 4.39 Å². The lowest BCUT2D eigenvalue weighted by atomic mass is 10.0. The molecule has 140 valence electrons. The Morgan fingerprint density at radius 1 is 1.24 bits per heavy atom. The monoisotopic (exact) mass is 353 g/mol. The minimum Gasteiger partial charge on any atom is -0.490 e. The number of hydrogen-bond donors (Lipinski definition) is 2. The summed E-state index contributed by atoms with van der Waals surface area (Å²) in [5.41, 5.74) is 6.64. The molecule has 6 heteroatoms. The molecule has 0 aliphatic heterocycles. The summed E-state index contributed by atoms with van der Waals surface area (Å²) in [5, 5.41) is 8.62. The molecule has 1 aromatic carbocycles. The Morgan fingerprint density at radius 2 is 1.96 bits per heavy atom. The zero-order valence-corrected chi connectivity index (χ0v) is 15.0. The molecule has 0 heterocycles. The third-order valence-corrected chi connectivity index (χ3v) is 4.00. The predicted octanol–water partition coefficient (Wildman–Crippen LogP) is 3.60. The molecule has 1 atom stereocenters. The molecule has 0 saturated heterocycles. The molecule has 3 N–H and O–H groups in total. The van der Waals surface area contributed by atoms with Crippen LogP contribution in [-0.2, 0) is 16.0 Å². The van der Waals surface area contributed by atoms with E-state index < -0.39 is 5.97 Å². The van der Waals surface area contributed by atoms with Gasteiger partial charge in [0.1, 0.15) is 0 Å². The lowest BCUT2D eigenvalue weighted by Gasteiger charge is -2.15. The maximum Gasteiger partial charge on any atom is 0.303 e. The summed E-state index contributed by atoms with van der Waals surface area (Å²) < 4.78 is 20.2. The van der Waals surface area contributed by atoms with E-state index in [-0.39, 0.29) is 29.8 Å². The van der Waals surface area contributed by atoms with Gasteiger partial charge in [-0.2, -0.15) is 0 Å². The van der Waals surface area contributed by atoms with E-state index in [9.17, 15) is 14.0 Å². The first-order chi connectivity index (χ1) is 11.8. The first kappa shape index (κ1) is 20.9. The number of nitrogens with two attached hydrogens (primary N) is 1. The van der Waals surface area contributed by atoms with Crippen molar-refractivity contribution in [2.75, 3.05) is 6.61 Å². The van der Waals surface area contributed by atoms with Gasteiger partial charge in [-0.3, -0.25) is 9.59 Å². The van der Waals surface area contributed by atoms with Crippen LogP contribution in [0.25, 0.3) is 0 Å². The number of rotatable bonds is 12. The molecule has 5 nitrogen and oxygen atoms in total. The maximum atomic E-state index is 14.6. The highest BCUT2D eigenvalue weighted by atomic mass is 19.1. The Balaban J connectivity index is 2.56. The summed E-state index contributed by atoms with van der Waals surface area (Å²) in [4.78, 5) is 21.3. The summed E-state index contributed by atoms with van der Waals surface area (Å²) in [6.45, 7) is 4.14. The highest BCUT2D eigenvalue weighted by Crippen LogP contribution is 2.25. The SMILES string of the molecule is Cc1cc(CCCCCC(=O)O)c(F)c(OC[C@@H](C)CCC(N)=O)c1. The van der Waals surface area contributed by atoms with Crippen molar-refractivity contribution in [1.29, 1.82) is 0 Å². The quantitative estimate of drug-likeness (QED) is 0.562. The maximum absolute atomic E-state index is 14.6. The molecule has 0 aromatic heterocycles. The molecule has 0 saturated carbocycles. The van der Waals surface area contributed by atoms with Crippen LogP contribution in [0.15, 0.2) is 12.1 Å². The van der Waals surface area contributed by atoms with Gasteiger partial charge in [0.2, 0.25) is 5.91 Å². The van der Waals surface area contributed by atoms with Crippen molar-refractivity contribution in [3.05, 3.63) is 29.1 Å².